The van der Waals surface area contributed by atoms with Gasteiger partial charge in [0.1, 0.15) is 0 Å². The number of aryl methyl sites for hydroxylation is 1. The van der Waals surface area contributed by atoms with E-state index in [1.807, 2.05) is 0 Å². The van der Waals surface area contributed by atoms with E-state index in [2.05, 4.69) is 0 Å². The van der Waals surface area contributed by atoms with E-state index in [4.69, 9.17) is 4.74 Å². The molecule has 1 saturated heterocycles. The maximum absolute atomic E-state index is 12.6. The Morgan fingerprint density at radius 2 is 2.00 bits per heavy atom. The molecule has 1 fully saturated rings. The van der Waals surface area contributed by atoms with Gasteiger partial charge >= 0.3 is 6.03 Å². The minimum atomic E-state index is -0.424. The highest BCUT2D eigenvalue weighted by Crippen LogP contribution is 2.31. The van der Waals surface area contributed by atoms with Crippen molar-refractivity contribution < 1.29 is 14.5 Å². The number of anilines is 1. The van der Waals surface area contributed by atoms with Crippen molar-refractivity contribution in [1.29, 1.82) is 0 Å². The smallest absolute Gasteiger partial charge is 0.324 e. The maximum atomic E-state index is 12.6. The molecule has 0 unspecified atom stereocenters. The molecule has 7 heteroatoms. The van der Waals surface area contributed by atoms with Gasteiger partial charge in [-0.25, -0.2) is 4.79 Å². The van der Waals surface area contributed by atoms with Gasteiger partial charge in [-0.05, 0) is 18.4 Å². The SMILES string of the molecule is O=C(N1CCOCC1)N1CCCc2ccc([N+](=O)[O-])cc21. The summed E-state index contributed by atoms with van der Waals surface area (Å²) in [5.41, 5.74) is 1.69. The van der Waals surface area contributed by atoms with Gasteiger partial charge < -0.3 is 9.64 Å². The monoisotopic (exact) mass is 291 g/mol. The van der Waals surface area contributed by atoms with Crippen LogP contribution in [-0.4, -0.2) is 48.7 Å². The quantitative estimate of drug-likeness (QED) is 0.584. The molecule has 0 aromatic heterocycles. The number of carbonyl (C=O) groups is 1. The number of carbonyl (C=O) groups excluding carboxylic acids is 1. The van der Waals surface area contributed by atoms with E-state index in [0.29, 0.717) is 38.5 Å². The van der Waals surface area contributed by atoms with Gasteiger partial charge in [-0.2, -0.15) is 0 Å². The number of nitro groups is 1. The Kier molecular flexibility index (Phi) is 3.74. The van der Waals surface area contributed by atoms with Gasteiger partial charge in [0.2, 0.25) is 0 Å². The molecule has 21 heavy (non-hydrogen) atoms. The summed E-state index contributed by atoms with van der Waals surface area (Å²) in [6, 6.07) is 4.68. The summed E-state index contributed by atoms with van der Waals surface area (Å²) < 4.78 is 5.26. The van der Waals surface area contributed by atoms with Crippen LogP contribution in [0, 0.1) is 10.1 Å². The summed E-state index contributed by atoms with van der Waals surface area (Å²) in [7, 11) is 0. The predicted molar refractivity (Wildman–Crippen MR) is 76.6 cm³/mol. The van der Waals surface area contributed by atoms with Crippen LogP contribution in [0.15, 0.2) is 18.2 Å². The number of urea groups is 1. The largest absolute Gasteiger partial charge is 0.378 e. The number of morpholine rings is 1. The number of nitrogens with zero attached hydrogens (tertiary/aromatic N) is 3. The molecule has 0 aliphatic carbocycles. The Labute approximate surface area is 122 Å². The minimum absolute atomic E-state index is 0.0235. The molecule has 0 bridgehead atoms. The van der Waals surface area contributed by atoms with Gasteiger partial charge in [-0.15, -0.1) is 0 Å². The first-order valence-electron chi connectivity index (χ1n) is 7.08. The summed E-state index contributed by atoms with van der Waals surface area (Å²) >= 11 is 0. The molecular formula is C14H17N3O4. The van der Waals surface area contributed by atoms with E-state index in [1.165, 1.54) is 12.1 Å². The third-order valence-electron chi connectivity index (χ3n) is 3.91. The van der Waals surface area contributed by atoms with E-state index in [1.54, 1.807) is 15.9 Å². The summed E-state index contributed by atoms with van der Waals surface area (Å²) in [5.74, 6) is 0. The van der Waals surface area contributed by atoms with Crippen LogP contribution in [0.3, 0.4) is 0 Å². The molecular weight excluding hydrogens is 274 g/mol. The van der Waals surface area contributed by atoms with Gasteiger partial charge in [0.15, 0.2) is 0 Å². The molecule has 0 N–H and O–H groups in total. The molecule has 2 amide bonds. The topological polar surface area (TPSA) is 75.9 Å². The lowest BCUT2D eigenvalue weighted by atomic mass is 10.0. The number of nitro benzene ring substituents is 1. The highest BCUT2D eigenvalue weighted by Gasteiger charge is 2.28. The third kappa shape index (κ3) is 2.69. The lowest BCUT2D eigenvalue weighted by molar-refractivity contribution is -0.384. The van der Waals surface area contributed by atoms with Crippen LogP contribution in [0.5, 0.6) is 0 Å². The fourth-order valence-electron chi connectivity index (χ4n) is 2.80. The highest BCUT2D eigenvalue weighted by atomic mass is 16.6. The highest BCUT2D eigenvalue weighted by molar-refractivity contribution is 5.93. The fourth-order valence-corrected chi connectivity index (χ4v) is 2.80. The first kappa shape index (κ1) is 13.8. The Balaban J connectivity index is 1.89. The summed E-state index contributed by atoms with van der Waals surface area (Å²) in [6.07, 6.45) is 1.72. The van der Waals surface area contributed by atoms with Crippen molar-refractivity contribution in [3.05, 3.63) is 33.9 Å². The number of fused-ring (bicyclic) bond motifs is 1. The van der Waals surface area contributed by atoms with Gasteiger partial charge in [0, 0.05) is 31.8 Å². The average molecular weight is 291 g/mol. The van der Waals surface area contributed by atoms with Crippen LogP contribution in [-0.2, 0) is 11.2 Å². The number of benzene rings is 1. The Hall–Kier alpha value is -2.15. The number of hydrogen-bond donors (Lipinski definition) is 0. The normalized spacial score (nSPS) is 18.3. The predicted octanol–water partition coefficient (Wildman–Crippen LogP) is 1.80. The van der Waals surface area contributed by atoms with E-state index < -0.39 is 4.92 Å². The van der Waals surface area contributed by atoms with E-state index in [0.717, 1.165) is 18.4 Å². The molecule has 3 rings (SSSR count). The van der Waals surface area contributed by atoms with Crippen LogP contribution in [0.2, 0.25) is 0 Å². The van der Waals surface area contributed by atoms with Crippen molar-refractivity contribution in [3.8, 4) is 0 Å². The van der Waals surface area contributed by atoms with Gasteiger partial charge in [0.25, 0.3) is 5.69 Å². The Morgan fingerprint density at radius 3 is 2.71 bits per heavy atom. The number of rotatable bonds is 1. The van der Waals surface area contributed by atoms with Gasteiger partial charge in [-0.3, -0.25) is 15.0 Å². The second-order valence-corrected chi connectivity index (χ2v) is 5.21. The lowest BCUT2D eigenvalue weighted by Crippen LogP contribution is -2.49. The number of amides is 2. The maximum Gasteiger partial charge on any atom is 0.324 e. The molecule has 0 radical (unpaired) electrons. The second-order valence-electron chi connectivity index (χ2n) is 5.21. The van der Waals surface area contributed by atoms with Crippen molar-refractivity contribution in [2.75, 3.05) is 37.7 Å². The van der Waals surface area contributed by atoms with Crippen LogP contribution in [0.1, 0.15) is 12.0 Å². The third-order valence-corrected chi connectivity index (χ3v) is 3.91. The van der Waals surface area contributed by atoms with Crippen molar-refractivity contribution in [3.63, 3.8) is 0 Å². The van der Waals surface area contributed by atoms with Crippen molar-refractivity contribution in [2.24, 2.45) is 0 Å². The van der Waals surface area contributed by atoms with Gasteiger partial charge in [0.05, 0.1) is 23.8 Å². The molecule has 0 spiro atoms. The van der Waals surface area contributed by atoms with Crippen LogP contribution in [0.4, 0.5) is 16.2 Å². The number of hydrogen-bond acceptors (Lipinski definition) is 4. The summed E-state index contributed by atoms with van der Waals surface area (Å²) in [6.45, 7) is 2.83. The van der Waals surface area contributed by atoms with Crippen molar-refractivity contribution in [2.45, 2.75) is 12.8 Å². The second kappa shape index (κ2) is 5.69. The molecule has 7 nitrogen and oxygen atoms in total. The Morgan fingerprint density at radius 1 is 1.24 bits per heavy atom. The molecule has 2 aliphatic heterocycles. The zero-order valence-electron chi connectivity index (χ0n) is 11.7. The van der Waals surface area contributed by atoms with E-state index >= 15 is 0 Å². The average Bonchev–Trinajstić information content (AvgIpc) is 2.54. The molecule has 1 aromatic rings. The van der Waals surface area contributed by atoms with Crippen LogP contribution >= 0.6 is 0 Å². The number of ether oxygens (including phenoxy) is 1. The first-order valence-corrected chi connectivity index (χ1v) is 7.08. The van der Waals surface area contributed by atoms with E-state index in [-0.39, 0.29) is 11.7 Å². The minimum Gasteiger partial charge on any atom is -0.378 e. The Bertz CT molecular complexity index is 569. The standard InChI is InChI=1S/C14H17N3O4/c18-14(15-6-8-21-9-7-15)16-5-1-2-11-3-4-12(17(19)20)10-13(11)16/h3-4,10H,1-2,5-9H2. The van der Waals surface area contributed by atoms with Crippen LogP contribution in [0.25, 0.3) is 0 Å². The molecule has 1 aromatic carbocycles. The summed E-state index contributed by atoms with van der Waals surface area (Å²) in [5, 5.41) is 10.9. The van der Waals surface area contributed by atoms with E-state index in [9.17, 15) is 14.9 Å². The zero-order valence-corrected chi connectivity index (χ0v) is 11.7. The molecule has 2 heterocycles. The van der Waals surface area contributed by atoms with Crippen molar-refractivity contribution >= 4 is 17.4 Å². The molecule has 0 atom stereocenters. The fraction of sp³-hybridized carbons (Fsp3) is 0.500. The molecule has 2 aliphatic rings. The summed E-state index contributed by atoms with van der Waals surface area (Å²) in [4.78, 5) is 26.6. The zero-order chi connectivity index (χ0) is 14.8. The first-order chi connectivity index (χ1) is 10.2. The molecule has 0 saturated carbocycles. The molecule has 112 valence electrons. The van der Waals surface area contributed by atoms with Crippen molar-refractivity contribution in [1.82, 2.24) is 4.90 Å². The van der Waals surface area contributed by atoms with Gasteiger partial charge in [-0.1, -0.05) is 6.07 Å². The lowest BCUT2D eigenvalue weighted by Gasteiger charge is -2.35. The number of non-ortho nitro benzene ring substituents is 1. The van der Waals surface area contributed by atoms with Crippen LogP contribution < -0.4 is 4.90 Å².